The monoisotopic (exact) mass is 314 g/mol. The maximum absolute atomic E-state index is 13.2. The Morgan fingerprint density at radius 3 is 1.75 bits per heavy atom. The molecule has 0 heterocycles. The van der Waals surface area contributed by atoms with Crippen molar-refractivity contribution in [2.75, 3.05) is 0 Å². The molecule has 98 valence electrons. The number of halogens is 7. The zero-order valence-electron chi connectivity index (χ0n) is 8.68. The molecule has 0 radical (unpaired) electrons. The molecular weight excluding hydrogens is 302 g/mol. The average molecular weight is 315 g/mol. The van der Waals surface area contributed by atoms with Gasteiger partial charge in [-0.1, -0.05) is 26.2 Å². The zero-order valence-corrected chi connectivity index (χ0v) is 10.3. The Labute approximate surface area is 98.5 Å². The summed E-state index contributed by atoms with van der Waals surface area (Å²) in [7, 11) is 0. The summed E-state index contributed by atoms with van der Waals surface area (Å²) in [6.45, 7) is 1.85. The van der Waals surface area contributed by atoms with E-state index in [1.165, 1.54) is 0 Å². The standard InChI is InChI=1S/C9H13BrF6/c1-2-3-4-5-6-7(10,11)8(12,13)9(14,15)16/h2-6H2,1H3. The lowest BCUT2D eigenvalue weighted by Gasteiger charge is -2.29. The van der Waals surface area contributed by atoms with E-state index in [1.54, 1.807) is 0 Å². The summed E-state index contributed by atoms with van der Waals surface area (Å²) >= 11 is 1.85. The van der Waals surface area contributed by atoms with Crippen molar-refractivity contribution in [1.29, 1.82) is 0 Å². The van der Waals surface area contributed by atoms with Crippen LogP contribution in [0.5, 0.6) is 0 Å². The van der Waals surface area contributed by atoms with Crippen molar-refractivity contribution in [3.05, 3.63) is 0 Å². The fourth-order valence-electron chi connectivity index (χ4n) is 1.14. The van der Waals surface area contributed by atoms with Gasteiger partial charge in [-0.15, -0.1) is 0 Å². The van der Waals surface area contributed by atoms with Gasteiger partial charge in [0, 0.05) is 0 Å². The molecule has 1 atom stereocenters. The lowest BCUT2D eigenvalue weighted by molar-refractivity contribution is -0.309. The van der Waals surface area contributed by atoms with Gasteiger partial charge < -0.3 is 0 Å². The number of alkyl halides is 7. The van der Waals surface area contributed by atoms with E-state index in [-0.39, 0.29) is 6.42 Å². The summed E-state index contributed by atoms with van der Waals surface area (Å²) in [5.74, 6) is -5.37. The molecule has 0 N–H and O–H groups in total. The Kier molecular flexibility index (Phi) is 5.62. The van der Waals surface area contributed by atoms with Gasteiger partial charge in [0.05, 0.1) is 0 Å². The van der Waals surface area contributed by atoms with Crippen LogP contribution in [0, 0.1) is 0 Å². The fraction of sp³-hybridized carbons (Fsp3) is 1.00. The zero-order chi connectivity index (χ0) is 13.0. The third-order valence-corrected chi connectivity index (χ3v) is 3.05. The Morgan fingerprint density at radius 1 is 0.875 bits per heavy atom. The molecule has 16 heavy (non-hydrogen) atoms. The SMILES string of the molecule is CCCCCCC(F)(Br)C(F)(F)C(F)(F)F. The highest BCUT2D eigenvalue weighted by atomic mass is 79.9. The summed E-state index contributed by atoms with van der Waals surface area (Å²) in [5.41, 5.74) is 0. The van der Waals surface area contributed by atoms with Gasteiger partial charge in [0.2, 0.25) is 4.58 Å². The van der Waals surface area contributed by atoms with Gasteiger partial charge in [-0.2, -0.15) is 22.0 Å². The van der Waals surface area contributed by atoms with Crippen LogP contribution in [-0.4, -0.2) is 16.7 Å². The first-order chi connectivity index (χ1) is 7.06. The molecular formula is C9H13BrF6. The second kappa shape index (κ2) is 5.60. The van der Waals surface area contributed by atoms with Crippen LogP contribution in [0.3, 0.4) is 0 Å². The smallest absolute Gasteiger partial charge is 0.224 e. The van der Waals surface area contributed by atoms with Crippen molar-refractivity contribution in [1.82, 2.24) is 0 Å². The highest BCUT2D eigenvalue weighted by Crippen LogP contribution is 2.51. The van der Waals surface area contributed by atoms with Crippen molar-refractivity contribution < 1.29 is 26.3 Å². The van der Waals surface area contributed by atoms with Crippen molar-refractivity contribution in [2.24, 2.45) is 0 Å². The number of rotatable bonds is 6. The van der Waals surface area contributed by atoms with Crippen LogP contribution >= 0.6 is 15.9 Å². The minimum atomic E-state index is -5.88. The number of hydrogen-bond donors (Lipinski definition) is 0. The summed E-state index contributed by atoms with van der Waals surface area (Å²) in [6.07, 6.45) is -4.85. The van der Waals surface area contributed by atoms with Crippen LogP contribution in [0.15, 0.2) is 0 Å². The molecule has 1 unspecified atom stereocenters. The van der Waals surface area contributed by atoms with Crippen LogP contribution < -0.4 is 0 Å². The van der Waals surface area contributed by atoms with Gasteiger partial charge in [-0.3, -0.25) is 0 Å². The molecule has 0 spiro atoms. The third kappa shape index (κ3) is 3.82. The van der Waals surface area contributed by atoms with E-state index in [2.05, 4.69) is 0 Å². The molecule has 0 aromatic heterocycles. The first kappa shape index (κ1) is 16.1. The van der Waals surface area contributed by atoms with Crippen LogP contribution in [0.1, 0.15) is 39.0 Å². The van der Waals surface area contributed by atoms with E-state index in [4.69, 9.17) is 0 Å². The Balaban J connectivity index is 4.41. The van der Waals surface area contributed by atoms with E-state index >= 15 is 0 Å². The first-order valence-electron chi connectivity index (χ1n) is 4.88. The Bertz CT molecular complexity index is 211. The topological polar surface area (TPSA) is 0 Å². The summed E-state index contributed by atoms with van der Waals surface area (Å²) in [6, 6.07) is 0. The van der Waals surface area contributed by atoms with E-state index in [0.29, 0.717) is 12.8 Å². The predicted molar refractivity (Wildman–Crippen MR) is 52.5 cm³/mol. The molecule has 7 heteroatoms. The van der Waals surface area contributed by atoms with Gasteiger partial charge >= 0.3 is 12.1 Å². The molecule has 0 bridgehead atoms. The van der Waals surface area contributed by atoms with E-state index in [1.807, 2.05) is 22.9 Å². The molecule has 0 aromatic rings. The van der Waals surface area contributed by atoms with E-state index in [9.17, 15) is 26.3 Å². The second-order valence-corrected chi connectivity index (χ2v) is 4.84. The van der Waals surface area contributed by atoms with Crippen molar-refractivity contribution in [2.45, 2.75) is 55.7 Å². The van der Waals surface area contributed by atoms with Gasteiger partial charge in [-0.25, -0.2) is 4.39 Å². The third-order valence-electron chi connectivity index (χ3n) is 2.16. The molecule has 0 aliphatic heterocycles. The minimum absolute atomic E-state index is 0.0126. The molecule has 0 aliphatic rings. The van der Waals surface area contributed by atoms with Crippen LogP contribution in [0.2, 0.25) is 0 Å². The Hall–Kier alpha value is 0.0600. The first-order valence-corrected chi connectivity index (χ1v) is 5.68. The molecule has 0 saturated heterocycles. The van der Waals surface area contributed by atoms with Crippen molar-refractivity contribution in [3.63, 3.8) is 0 Å². The molecule has 0 saturated carbocycles. The number of unbranched alkanes of at least 4 members (excludes halogenated alkanes) is 3. The molecule has 0 aliphatic carbocycles. The fourth-order valence-corrected chi connectivity index (χ4v) is 1.64. The average Bonchev–Trinajstić information content (AvgIpc) is 2.10. The van der Waals surface area contributed by atoms with Gasteiger partial charge in [0.25, 0.3) is 0 Å². The van der Waals surface area contributed by atoms with E-state index < -0.39 is 23.1 Å². The quantitative estimate of drug-likeness (QED) is 0.358. The molecule has 0 rings (SSSR count). The van der Waals surface area contributed by atoms with Crippen molar-refractivity contribution in [3.8, 4) is 0 Å². The van der Waals surface area contributed by atoms with Gasteiger partial charge in [-0.05, 0) is 28.8 Å². The van der Waals surface area contributed by atoms with Crippen LogP contribution in [-0.2, 0) is 0 Å². The second-order valence-electron chi connectivity index (χ2n) is 3.59. The lowest BCUT2D eigenvalue weighted by Crippen LogP contribution is -2.50. The van der Waals surface area contributed by atoms with Crippen molar-refractivity contribution >= 4 is 15.9 Å². The molecule has 0 aromatic carbocycles. The van der Waals surface area contributed by atoms with Gasteiger partial charge in [0.1, 0.15) is 0 Å². The summed E-state index contributed by atoms with van der Waals surface area (Å²) < 4.78 is 70.5. The molecule has 0 amide bonds. The molecule has 0 fully saturated rings. The van der Waals surface area contributed by atoms with Crippen LogP contribution in [0.4, 0.5) is 26.3 Å². The van der Waals surface area contributed by atoms with E-state index in [0.717, 1.165) is 6.42 Å². The maximum Gasteiger partial charge on any atom is 0.457 e. The largest absolute Gasteiger partial charge is 0.457 e. The Morgan fingerprint density at radius 2 is 1.38 bits per heavy atom. The normalized spacial score (nSPS) is 17.2. The predicted octanol–water partition coefficient (Wildman–Crippen LogP) is 5.22. The summed E-state index contributed by atoms with van der Waals surface area (Å²) in [5, 5.41) is 0. The number of hydrogen-bond acceptors (Lipinski definition) is 0. The highest BCUT2D eigenvalue weighted by Gasteiger charge is 2.70. The van der Waals surface area contributed by atoms with Gasteiger partial charge in [0.15, 0.2) is 0 Å². The molecule has 0 nitrogen and oxygen atoms in total. The maximum atomic E-state index is 13.2. The minimum Gasteiger partial charge on any atom is -0.224 e. The lowest BCUT2D eigenvalue weighted by atomic mass is 10.1. The summed E-state index contributed by atoms with van der Waals surface area (Å²) in [4.78, 5) is 0. The van der Waals surface area contributed by atoms with Crippen LogP contribution in [0.25, 0.3) is 0 Å². The highest BCUT2D eigenvalue weighted by molar-refractivity contribution is 9.10.